The molecule has 0 fully saturated rings. The van der Waals surface area contributed by atoms with Crippen molar-refractivity contribution < 1.29 is 0 Å². The third-order valence-electron chi connectivity index (χ3n) is 3.57. The summed E-state index contributed by atoms with van der Waals surface area (Å²) in [5.74, 6) is 0. The van der Waals surface area contributed by atoms with Crippen molar-refractivity contribution in [1.29, 1.82) is 0 Å². The van der Waals surface area contributed by atoms with Gasteiger partial charge in [-0.15, -0.1) is 0 Å². The van der Waals surface area contributed by atoms with Gasteiger partial charge in [-0.3, -0.25) is 0 Å². The Morgan fingerprint density at radius 2 is 1.55 bits per heavy atom. The van der Waals surface area contributed by atoms with E-state index in [2.05, 4.69) is 102 Å². The van der Waals surface area contributed by atoms with Crippen molar-refractivity contribution in [1.82, 2.24) is 0 Å². The summed E-state index contributed by atoms with van der Waals surface area (Å²) < 4.78 is 1.13. The number of rotatable bonds is 2. The summed E-state index contributed by atoms with van der Waals surface area (Å²) in [4.78, 5) is 0.240. The zero-order valence-electron chi connectivity index (χ0n) is 12.4. The predicted octanol–water partition coefficient (Wildman–Crippen LogP) is 6.54. The topological polar surface area (TPSA) is 0 Å². The zero-order chi connectivity index (χ0) is 14.9. The molecule has 0 saturated heterocycles. The van der Waals surface area contributed by atoms with Crippen molar-refractivity contribution in [3.05, 3.63) is 69.2 Å². The largest absolute Gasteiger partial charge is 0.0786 e. The van der Waals surface area contributed by atoms with Crippen LogP contribution in [0.3, 0.4) is 0 Å². The van der Waals surface area contributed by atoms with Crippen molar-refractivity contribution in [3.8, 4) is 0 Å². The fraction of sp³-hybridized carbons (Fsp3) is 0.333. The van der Waals surface area contributed by atoms with Crippen LogP contribution in [0.15, 0.2) is 46.9 Å². The molecule has 0 heterocycles. The first-order valence-electron chi connectivity index (χ1n) is 6.79. The van der Waals surface area contributed by atoms with Crippen molar-refractivity contribution in [3.63, 3.8) is 0 Å². The van der Waals surface area contributed by atoms with Gasteiger partial charge in [0, 0.05) is 4.47 Å². The SMILES string of the molecule is Cc1cc(Br)ccc1C(Br)c1ccc(C(C)(C)C)cc1. The summed E-state index contributed by atoms with van der Waals surface area (Å²) in [6.07, 6.45) is 0. The Morgan fingerprint density at radius 3 is 2.05 bits per heavy atom. The van der Waals surface area contributed by atoms with Crippen LogP contribution in [-0.4, -0.2) is 0 Å². The Balaban J connectivity index is 2.31. The Kier molecular flexibility index (Phi) is 4.76. The molecule has 2 aromatic rings. The summed E-state index contributed by atoms with van der Waals surface area (Å²) in [7, 11) is 0. The molecule has 20 heavy (non-hydrogen) atoms. The number of halogens is 2. The smallest absolute Gasteiger partial charge is 0.0647 e. The molecule has 0 N–H and O–H groups in total. The molecule has 0 saturated carbocycles. The van der Waals surface area contributed by atoms with Crippen molar-refractivity contribution >= 4 is 31.9 Å². The summed E-state index contributed by atoms with van der Waals surface area (Å²) in [6.45, 7) is 8.88. The maximum atomic E-state index is 3.83. The third-order valence-corrected chi connectivity index (χ3v) is 5.09. The van der Waals surface area contributed by atoms with Crippen LogP contribution in [0.5, 0.6) is 0 Å². The molecule has 2 aromatic carbocycles. The van der Waals surface area contributed by atoms with E-state index >= 15 is 0 Å². The van der Waals surface area contributed by atoms with E-state index in [9.17, 15) is 0 Å². The molecule has 0 spiro atoms. The monoisotopic (exact) mass is 394 g/mol. The maximum absolute atomic E-state index is 3.83. The lowest BCUT2D eigenvalue weighted by Gasteiger charge is -2.20. The van der Waals surface area contributed by atoms with E-state index < -0.39 is 0 Å². The van der Waals surface area contributed by atoms with E-state index in [0.29, 0.717) is 0 Å². The first kappa shape index (κ1) is 15.8. The minimum atomic E-state index is 0.202. The van der Waals surface area contributed by atoms with Gasteiger partial charge in [-0.2, -0.15) is 0 Å². The first-order valence-corrected chi connectivity index (χ1v) is 8.50. The molecule has 0 amide bonds. The van der Waals surface area contributed by atoms with Crippen LogP contribution in [0.1, 0.15) is 47.9 Å². The quantitative estimate of drug-likeness (QED) is 0.506. The zero-order valence-corrected chi connectivity index (χ0v) is 15.5. The molecule has 2 rings (SSSR count). The number of benzene rings is 2. The average molecular weight is 396 g/mol. The average Bonchev–Trinajstić information content (AvgIpc) is 2.37. The summed E-state index contributed by atoms with van der Waals surface area (Å²) in [5.41, 5.74) is 5.48. The molecular weight excluding hydrogens is 376 g/mol. The molecule has 1 atom stereocenters. The van der Waals surface area contributed by atoms with Crippen molar-refractivity contribution in [2.45, 2.75) is 37.9 Å². The Morgan fingerprint density at radius 1 is 0.950 bits per heavy atom. The van der Waals surface area contributed by atoms with Gasteiger partial charge in [0.25, 0.3) is 0 Å². The highest BCUT2D eigenvalue weighted by atomic mass is 79.9. The Hall–Kier alpha value is -0.600. The van der Waals surface area contributed by atoms with Crippen LogP contribution in [0.4, 0.5) is 0 Å². The van der Waals surface area contributed by atoms with Crippen molar-refractivity contribution in [2.75, 3.05) is 0 Å². The summed E-state index contributed by atoms with van der Waals surface area (Å²) in [6, 6.07) is 15.3. The molecule has 0 aliphatic rings. The fourth-order valence-corrected chi connectivity index (χ4v) is 3.55. The predicted molar refractivity (Wildman–Crippen MR) is 94.8 cm³/mol. The minimum absolute atomic E-state index is 0.202. The molecule has 106 valence electrons. The highest BCUT2D eigenvalue weighted by Gasteiger charge is 2.16. The maximum Gasteiger partial charge on any atom is 0.0647 e. The van der Waals surface area contributed by atoms with Gasteiger partial charge in [-0.1, -0.05) is 83.0 Å². The van der Waals surface area contributed by atoms with E-state index in [-0.39, 0.29) is 10.2 Å². The highest BCUT2D eigenvalue weighted by molar-refractivity contribution is 9.10. The van der Waals surface area contributed by atoms with Gasteiger partial charge < -0.3 is 0 Å². The highest BCUT2D eigenvalue weighted by Crippen LogP contribution is 2.34. The second-order valence-electron chi connectivity index (χ2n) is 6.24. The van der Waals surface area contributed by atoms with Gasteiger partial charge in [0.2, 0.25) is 0 Å². The number of hydrogen-bond acceptors (Lipinski definition) is 0. The molecule has 0 aromatic heterocycles. The van der Waals surface area contributed by atoms with Crippen LogP contribution in [0, 0.1) is 6.92 Å². The van der Waals surface area contributed by atoms with E-state index in [1.807, 2.05) is 0 Å². The van der Waals surface area contributed by atoms with Crippen LogP contribution < -0.4 is 0 Å². The fourth-order valence-electron chi connectivity index (χ4n) is 2.26. The third kappa shape index (κ3) is 3.53. The van der Waals surface area contributed by atoms with Crippen molar-refractivity contribution in [2.24, 2.45) is 0 Å². The first-order chi connectivity index (χ1) is 9.29. The lowest BCUT2D eigenvalue weighted by atomic mass is 9.86. The molecule has 0 aliphatic heterocycles. The molecule has 0 bridgehead atoms. The van der Waals surface area contributed by atoms with Gasteiger partial charge in [0.1, 0.15) is 0 Å². The molecule has 0 nitrogen and oxygen atoms in total. The van der Waals surface area contributed by atoms with Gasteiger partial charge in [0.15, 0.2) is 0 Å². The van der Waals surface area contributed by atoms with Gasteiger partial charge in [-0.05, 0) is 46.7 Å². The van der Waals surface area contributed by atoms with Gasteiger partial charge >= 0.3 is 0 Å². The second-order valence-corrected chi connectivity index (χ2v) is 8.07. The van der Waals surface area contributed by atoms with E-state index in [1.165, 1.54) is 22.3 Å². The number of aryl methyl sites for hydroxylation is 1. The molecule has 2 heteroatoms. The lowest BCUT2D eigenvalue weighted by Crippen LogP contribution is -2.10. The lowest BCUT2D eigenvalue weighted by molar-refractivity contribution is 0.590. The Bertz CT molecular complexity index is 592. The number of hydrogen-bond donors (Lipinski definition) is 0. The van der Waals surface area contributed by atoms with E-state index in [1.54, 1.807) is 0 Å². The van der Waals surface area contributed by atoms with Crippen LogP contribution in [0.2, 0.25) is 0 Å². The summed E-state index contributed by atoms with van der Waals surface area (Å²) in [5, 5.41) is 0. The van der Waals surface area contributed by atoms with Crippen LogP contribution >= 0.6 is 31.9 Å². The van der Waals surface area contributed by atoms with Crippen LogP contribution in [0.25, 0.3) is 0 Å². The normalized spacial score (nSPS) is 13.3. The summed E-state index contributed by atoms with van der Waals surface area (Å²) >= 11 is 7.35. The molecule has 0 aliphatic carbocycles. The van der Waals surface area contributed by atoms with Gasteiger partial charge in [-0.25, -0.2) is 0 Å². The minimum Gasteiger partial charge on any atom is -0.0786 e. The molecule has 0 radical (unpaired) electrons. The standard InChI is InChI=1S/C18H20Br2/c1-12-11-15(19)9-10-16(12)17(20)13-5-7-14(8-6-13)18(2,3)4/h5-11,17H,1-4H3. The molecule has 1 unspecified atom stereocenters. The molecular formula is C18H20Br2. The van der Waals surface area contributed by atoms with E-state index in [0.717, 1.165) is 4.47 Å². The van der Waals surface area contributed by atoms with E-state index in [4.69, 9.17) is 0 Å². The second kappa shape index (κ2) is 6.03. The Labute approximate surface area is 138 Å². The van der Waals surface area contributed by atoms with Gasteiger partial charge in [0.05, 0.1) is 4.83 Å². The number of alkyl halides is 1. The van der Waals surface area contributed by atoms with Crippen LogP contribution in [-0.2, 0) is 5.41 Å².